The van der Waals surface area contributed by atoms with E-state index in [4.69, 9.17) is 28.3 Å². The lowest BCUT2D eigenvalue weighted by molar-refractivity contribution is -0.137. The van der Waals surface area contributed by atoms with Gasteiger partial charge in [-0.2, -0.15) is 0 Å². The fourth-order valence-corrected chi connectivity index (χ4v) is 4.56. The minimum atomic E-state index is -3.71. The van der Waals surface area contributed by atoms with E-state index >= 15 is 0 Å². The largest absolute Gasteiger partial charge is 0.481 e. The van der Waals surface area contributed by atoms with Gasteiger partial charge in [-0.1, -0.05) is 23.2 Å². The van der Waals surface area contributed by atoms with Crippen LogP contribution >= 0.6 is 34.5 Å². The molecule has 0 aliphatic carbocycles. The second kappa shape index (κ2) is 6.21. The van der Waals surface area contributed by atoms with Crippen LogP contribution in [-0.4, -0.2) is 37.4 Å². The Morgan fingerprint density at radius 2 is 2.11 bits per heavy atom. The van der Waals surface area contributed by atoms with Crippen molar-refractivity contribution in [3.8, 4) is 0 Å². The molecule has 1 aromatic heterocycles. The molecule has 18 heavy (non-hydrogen) atoms. The van der Waals surface area contributed by atoms with E-state index in [0.717, 1.165) is 15.6 Å². The zero-order valence-corrected chi connectivity index (χ0v) is 12.5. The lowest BCUT2D eigenvalue weighted by atomic mass is 10.3. The van der Waals surface area contributed by atoms with Gasteiger partial charge in [0.15, 0.2) is 0 Å². The van der Waals surface area contributed by atoms with Crippen LogP contribution in [0.1, 0.15) is 12.8 Å². The number of halogens is 2. The van der Waals surface area contributed by atoms with E-state index in [0.29, 0.717) is 0 Å². The molecule has 1 heterocycles. The molecule has 0 atom stereocenters. The van der Waals surface area contributed by atoms with Crippen molar-refractivity contribution in [2.45, 2.75) is 17.7 Å². The summed E-state index contributed by atoms with van der Waals surface area (Å²) in [5.41, 5.74) is 0. The van der Waals surface area contributed by atoms with Crippen molar-refractivity contribution in [2.24, 2.45) is 0 Å². The predicted octanol–water partition coefficient (Wildman–Crippen LogP) is 2.54. The van der Waals surface area contributed by atoms with Crippen LogP contribution in [-0.2, 0) is 14.8 Å². The fourth-order valence-electron chi connectivity index (χ4n) is 1.24. The van der Waals surface area contributed by atoms with E-state index in [1.165, 1.54) is 13.1 Å². The highest BCUT2D eigenvalue weighted by atomic mass is 35.5. The Hall–Kier alpha value is -0.340. The van der Waals surface area contributed by atoms with Gasteiger partial charge < -0.3 is 5.11 Å². The molecule has 0 unspecified atom stereocenters. The zero-order valence-electron chi connectivity index (χ0n) is 9.39. The van der Waals surface area contributed by atoms with E-state index in [9.17, 15) is 13.2 Å². The molecule has 9 heteroatoms. The maximum absolute atomic E-state index is 12.1. The number of carbonyl (C=O) groups is 1. The van der Waals surface area contributed by atoms with Crippen LogP contribution < -0.4 is 0 Å². The molecule has 0 radical (unpaired) electrons. The second-order valence-electron chi connectivity index (χ2n) is 3.51. The topological polar surface area (TPSA) is 74.7 Å². The summed E-state index contributed by atoms with van der Waals surface area (Å²) in [6, 6.07) is 1.29. The van der Waals surface area contributed by atoms with E-state index in [-0.39, 0.29) is 33.0 Å². The molecule has 0 aromatic carbocycles. The Kier molecular flexibility index (Phi) is 5.42. The number of hydrogen-bond donors (Lipinski definition) is 1. The summed E-state index contributed by atoms with van der Waals surface area (Å²) < 4.78 is 25.6. The van der Waals surface area contributed by atoms with Crippen LogP contribution in [0, 0.1) is 0 Å². The Balaban J connectivity index is 2.80. The van der Waals surface area contributed by atoms with Crippen molar-refractivity contribution >= 4 is 50.5 Å². The van der Waals surface area contributed by atoms with E-state index < -0.39 is 16.0 Å². The molecule has 0 saturated heterocycles. The molecule has 1 aromatic rings. The van der Waals surface area contributed by atoms with Crippen molar-refractivity contribution in [2.75, 3.05) is 13.6 Å². The van der Waals surface area contributed by atoms with Gasteiger partial charge >= 0.3 is 5.97 Å². The van der Waals surface area contributed by atoms with Gasteiger partial charge in [0, 0.05) is 20.0 Å². The van der Waals surface area contributed by atoms with Crippen molar-refractivity contribution < 1.29 is 18.3 Å². The van der Waals surface area contributed by atoms with E-state index in [1.807, 2.05) is 0 Å². The molecule has 0 aliphatic rings. The number of thiophene rings is 1. The van der Waals surface area contributed by atoms with Gasteiger partial charge in [-0.3, -0.25) is 4.79 Å². The third-order valence-electron chi connectivity index (χ3n) is 2.18. The summed E-state index contributed by atoms with van der Waals surface area (Å²) in [6.45, 7) is 0.110. The summed E-state index contributed by atoms with van der Waals surface area (Å²) in [5.74, 6) is -0.961. The highest BCUT2D eigenvalue weighted by molar-refractivity contribution is 7.89. The molecule has 1 rings (SSSR count). The third kappa shape index (κ3) is 3.83. The van der Waals surface area contributed by atoms with Gasteiger partial charge in [-0.05, 0) is 12.5 Å². The fraction of sp³-hybridized carbons (Fsp3) is 0.444. The number of carboxylic acid groups (broad SMARTS) is 1. The summed E-state index contributed by atoms with van der Waals surface area (Å²) in [5, 5.41) is 8.49. The van der Waals surface area contributed by atoms with Crippen LogP contribution in [0.15, 0.2) is 11.0 Å². The quantitative estimate of drug-likeness (QED) is 0.869. The predicted molar refractivity (Wildman–Crippen MR) is 71.0 cm³/mol. The van der Waals surface area contributed by atoms with Crippen LogP contribution in [0.2, 0.25) is 8.67 Å². The maximum atomic E-state index is 12.1. The molecular formula is C9H11Cl2NO4S2. The number of rotatable bonds is 6. The first-order valence-electron chi connectivity index (χ1n) is 4.88. The highest BCUT2D eigenvalue weighted by Gasteiger charge is 2.25. The molecule has 0 amide bonds. The Bertz CT molecular complexity index is 541. The molecule has 5 nitrogen and oxygen atoms in total. The van der Waals surface area contributed by atoms with E-state index in [1.54, 1.807) is 0 Å². The van der Waals surface area contributed by atoms with Crippen molar-refractivity contribution in [3.63, 3.8) is 0 Å². The van der Waals surface area contributed by atoms with Gasteiger partial charge in [0.25, 0.3) is 0 Å². The van der Waals surface area contributed by atoms with E-state index in [2.05, 4.69) is 0 Å². The SMILES string of the molecule is CN(CCCC(=O)O)S(=O)(=O)c1cc(Cl)sc1Cl. The lowest BCUT2D eigenvalue weighted by Gasteiger charge is -2.15. The van der Waals surface area contributed by atoms with Crippen molar-refractivity contribution in [3.05, 3.63) is 14.7 Å². The molecule has 0 fully saturated rings. The first kappa shape index (κ1) is 15.7. The molecule has 102 valence electrons. The average molecular weight is 332 g/mol. The molecule has 0 bridgehead atoms. The number of sulfonamides is 1. The second-order valence-corrected chi connectivity index (χ2v) is 7.81. The van der Waals surface area contributed by atoms with Crippen molar-refractivity contribution in [1.29, 1.82) is 0 Å². The smallest absolute Gasteiger partial charge is 0.303 e. The summed E-state index contributed by atoms with van der Waals surface area (Å²) in [6.07, 6.45) is 0.151. The number of hydrogen-bond acceptors (Lipinski definition) is 4. The molecule has 0 saturated carbocycles. The van der Waals surface area contributed by atoms with Gasteiger partial charge in [-0.25, -0.2) is 12.7 Å². The molecule has 0 aliphatic heterocycles. The van der Waals surface area contributed by atoms with Crippen LogP contribution in [0.4, 0.5) is 0 Å². The summed E-state index contributed by atoms with van der Waals surface area (Å²) >= 11 is 12.5. The minimum absolute atomic E-state index is 0.0445. The zero-order chi connectivity index (χ0) is 13.9. The Morgan fingerprint density at radius 1 is 1.50 bits per heavy atom. The van der Waals surface area contributed by atoms with Crippen LogP contribution in [0.3, 0.4) is 0 Å². The Morgan fingerprint density at radius 3 is 2.56 bits per heavy atom. The minimum Gasteiger partial charge on any atom is -0.481 e. The maximum Gasteiger partial charge on any atom is 0.303 e. The third-order valence-corrected chi connectivity index (χ3v) is 5.79. The standard InChI is InChI=1S/C9H11Cl2NO4S2/c1-12(4-2-3-8(13)14)18(15,16)6-5-7(10)17-9(6)11/h5H,2-4H2,1H3,(H,13,14). The van der Waals surface area contributed by atoms with Crippen molar-refractivity contribution in [1.82, 2.24) is 4.31 Å². The monoisotopic (exact) mass is 331 g/mol. The normalized spacial score (nSPS) is 12.0. The van der Waals surface area contributed by atoms with Gasteiger partial charge in [0.05, 0.1) is 4.34 Å². The lowest BCUT2D eigenvalue weighted by Crippen LogP contribution is -2.28. The molecule has 1 N–H and O–H groups in total. The first-order chi connectivity index (χ1) is 8.25. The number of carboxylic acids is 1. The molecule has 0 spiro atoms. The summed E-state index contributed by atoms with van der Waals surface area (Å²) in [7, 11) is -2.34. The van der Waals surface area contributed by atoms with Gasteiger partial charge in [0.1, 0.15) is 9.23 Å². The number of nitrogens with zero attached hydrogens (tertiary/aromatic N) is 1. The number of aliphatic carboxylic acids is 1. The van der Waals surface area contributed by atoms with Gasteiger partial charge in [-0.15, -0.1) is 11.3 Å². The molecular weight excluding hydrogens is 321 g/mol. The van der Waals surface area contributed by atoms with Crippen LogP contribution in [0.5, 0.6) is 0 Å². The highest BCUT2D eigenvalue weighted by Crippen LogP contribution is 2.35. The Labute approximate surface area is 119 Å². The van der Waals surface area contributed by atoms with Gasteiger partial charge in [0.2, 0.25) is 10.0 Å². The summed E-state index contributed by atoms with van der Waals surface area (Å²) in [4.78, 5) is 10.3. The van der Waals surface area contributed by atoms with Crippen LogP contribution in [0.25, 0.3) is 0 Å². The average Bonchev–Trinajstić information content (AvgIpc) is 2.57. The first-order valence-corrected chi connectivity index (χ1v) is 7.89.